The highest BCUT2D eigenvalue weighted by atomic mass is 35.5. The first-order valence-electron chi connectivity index (χ1n) is 2.79. The van der Waals surface area contributed by atoms with E-state index in [4.69, 9.17) is 0 Å². The quantitative estimate of drug-likeness (QED) is 0.490. The second kappa shape index (κ2) is 8.30. The van der Waals surface area contributed by atoms with E-state index in [2.05, 4.69) is 10.3 Å². The van der Waals surface area contributed by atoms with E-state index in [9.17, 15) is 0 Å². The Labute approximate surface area is 68.2 Å². The van der Waals surface area contributed by atoms with Crippen molar-refractivity contribution < 1.29 is 0 Å². The number of nitrogens with one attached hydrogen (secondary N) is 1. The number of nitrogens with zero attached hydrogens (tertiary/aromatic N) is 2. The summed E-state index contributed by atoms with van der Waals surface area (Å²) in [7, 11) is 5.69. The zero-order chi connectivity index (χ0) is 7.11. The molecule has 0 bridgehead atoms. The van der Waals surface area contributed by atoms with Crippen LogP contribution >= 0.6 is 12.4 Å². The molecule has 0 aliphatic rings. The number of aliphatic imine (C=N–C) groups is 1. The van der Waals surface area contributed by atoms with Gasteiger partial charge < -0.3 is 10.2 Å². The van der Waals surface area contributed by atoms with E-state index in [1.165, 1.54) is 0 Å². The molecule has 4 heteroatoms. The fraction of sp³-hybridized carbons (Fsp3) is 0.500. The summed E-state index contributed by atoms with van der Waals surface area (Å²) in [6, 6.07) is 0. The molecule has 0 rings (SSSR count). The highest BCUT2D eigenvalue weighted by Crippen LogP contribution is 1.70. The maximum absolute atomic E-state index is 3.92. The van der Waals surface area contributed by atoms with E-state index in [-0.39, 0.29) is 12.4 Å². The Morgan fingerprint density at radius 3 is 2.40 bits per heavy atom. The molecule has 0 unspecified atom stereocenters. The monoisotopic (exact) mass is 163 g/mol. The van der Waals surface area contributed by atoms with Crippen LogP contribution in [0.4, 0.5) is 0 Å². The molecule has 0 aromatic rings. The van der Waals surface area contributed by atoms with E-state index < -0.39 is 0 Å². The average molecular weight is 164 g/mol. The summed E-state index contributed by atoms with van der Waals surface area (Å²) in [6.07, 6.45) is 5.19. The minimum Gasteiger partial charge on any atom is -0.393 e. The van der Waals surface area contributed by atoms with E-state index >= 15 is 0 Å². The molecule has 0 saturated heterocycles. The third kappa shape index (κ3) is 10.3. The third-order valence-corrected chi connectivity index (χ3v) is 0.625. The Morgan fingerprint density at radius 2 is 2.00 bits per heavy atom. The van der Waals surface area contributed by atoms with E-state index in [1.807, 2.05) is 26.0 Å². The van der Waals surface area contributed by atoms with Crippen LogP contribution in [0.1, 0.15) is 0 Å². The number of hydrogen-bond donors (Lipinski definition) is 1. The molecule has 60 valence electrons. The Morgan fingerprint density at radius 1 is 1.40 bits per heavy atom. The molecule has 0 aliphatic heterocycles. The molecule has 0 radical (unpaired) electrons. The summed E-state index contributed by atoms with van der Waals surface area (Å²) >= 11 is 0. The van der Waals surface area contributed by atoms with Gasteiger partial charge in [0, 0.05) is 33.5 Å². The van der Waals surface area contributed by atoms with E-state index in [1.54, 1.807) is 18.7 Å². The lowest BCUT2D eigenvalue weighted by molar-refractivity contribution is 0.643. The molecular weight excluding hydrogens is 150 g/mol. The van der Waals surface area contributed by atoms with Crippen molar-refractivity contribution in [3.8, 4) is 0 Å². The summed E-state index contributed by atoms with van der Waals surface area (Å²) in [6.45, 7) is 0. The summed E-state index contributed by atoms with van der Waals surface area (Å²) in [5, 5.41) is 2.83. The predicted octanol–water partition coefficient (Wildman–Crippen LogP) is 0.689. The second-order valence-corrected chi connectivity index (χ2v) is 1.83. The second-order valence-electron chi connectivity index (χ2n) is 1.83. The van der Waals surface area contributed by atoms with Crippen molar-refractivity contribution in [2.24, 2.45) is 4.99 Å². The zero-order valence-electron chi connectivity index (χ0n) is 6.53. The first-order valence-corrected chi connectivity index (χ1v) is 2.79. The molecule has 0 saturated carbocycles. The lowest BCUT2D eigenvalue weighted by Gasteiger charge is -1.99. The van der Waals surface area contributed by atoms with Crippen LogP contribution in [0.5, 0.6) is 0 Å². The van der Waals surface area contributed by atoms with Crippen molar-refractivity contribution in [3.63, 3.8) is 0 Å². The number of hydrogen-bond acceptors (Lipinski definition) is 2. The maximum Gasteiger partial charge on any atom is 0.0900 e. The number of rotatable bonds is 3. The van der Waals surface area contributed by atoms with Crippen LogP contribution in [0, 0.1) is 0 Å². The van der Waals surface area contributed by atoms with Crippen LogP contribution in [0.15, 0.2) is 17.4 Å². The van der Waals surface area contributed by atoms with Crippen molar-refractivity contribution >= 4 is 18.7 Å². The maximum atomic E-state index is 3.92. The minimum atomic E-state index is 0. The van der Waals surface area contributed by atoms with Crippen LogP contribution in [0.3, 0.4) is 0 Å². The topological polar surface area (TPSA) is 27.6 Å². The van der Waals surface area contributed by atoms with Gasteiger partial charge in [-0.25, -0.2) is 4.99 Å². The average Bonchev–Trinajstić information content (AvgIpc) is 1.80. The van der Waals surface area contributed by atoms with Gasteiger partial charge >= 0.3 is 0 Å². The molecule has 0 heterocycles. The van der Waals surface area contributed by atoms with Crippen molar-refractivity contribution in [1.82, 2.24) is 10.2 Å². The number of halogens is 1. The third-order valence-electron chi connectivity index (χ3n) is 0.625. The molecule has 0 spiro atoms. The Balaban J connectivity index is 0. The van der Waals surface area contributed by atoms with Gasteiger partial charge in [-0.15, -0.1) is 12.4 Å². The summed E-state index contributed by atoms with van der Waals surface area (Å²) in [4.78, 5) is 5.79. The van der Waals surface area contributed by atoms with Gasteiger partial charge in [0.25, 0.3) is 0 Å². The molecule has 1 N–H and O–H groups in total. The molecule has 0 fully saturated rings. The molecule has 0 aromatic heterocycles. The lowest BCUT2D eigenvalue weighted by Crippen LogP contribution is -2.06. The lowest BCUT2D eigenvalue weighted by atomic mass is 10.8. The standard InChI is InChI=1S/C6H13N3.ClH/c1-7-4-5-8-6-9(2)3;/h4-7H,1-3H3;1H. The van der Waals surface area contributed by atoms with Gasteiger partial charge in [-0.1, -0.05) is 0 Å². The normalized spacial score (nSPS) is 9.90. The molecule has 0 atom stereocenters. The van der Waals surface area contributed by atoms with Crippen molar-refractivity contribution in [2.75, 3.05) is 21.1 Å². The van der Waals surface area contributed by atoms with Crippen molar-refractivity contribution in [3.05, 3.63) is 12.4 Å². The molecule has 0 aromatic carbocycles. The summed E-state index contributed by atoms with van der Waals surface area (Å²) in [5.74, 6) is 0. The van der Waals surface area contributed by atoms with Crippen molar-refractivity contribution in [2.45, 2.75) is 0 Å². The van der Waals surface area contributed by atoms with Crippen molar-refractivity contribution in [1.29, 1.82) is 0 Å². The van der Waals surface area contributed by atoms with Gasteiger partial charge in [-0.2, -0.15) is 0 Å². The van der Waals surface area contributed by atoms with Crippen LogP contribution in [0.25, 0.3) is 0 Å². The van der Waals surface area contributed by atoms with Crippen LogP contribution < -0.4 is 5.32 Å². The van der Waals surface area contributed by atoms with Crippen LogP contribution in [-0.4, -0.2) is 32.4 Å². The van der Waals surface area contributed by atoms with Gasteiger partial charge in [0.2, 0.25) is 0 Å². The van der Waals surface area contributed by atoms with Gasteiger partial charge in [-0.05, 0) is 0 Å². The highest BCUT2D eigenvalue weighted by Gasteiger charge is 1.70. The summed E-state index contributed by atoms with van der Waals surface area (Å²) < 4.78 is 0. The van der Waals surface area contributed by atoms with Gasteiger partial charge in [0.1, 0.15) is 0 Å². The molecule has 10 heavy (non-hydrogen) atoms. The zero-order valence-corrected chi connectivity index (χ0v) is 7.35. The van der Waals surface area contributed by atoms with Gasteiger partial charge in [0.15, 0.2) is 0 Å². The fourth-order valence-electron chi connectivity index (χ4n) is 0.289. The van der Waals surface area contributed by atoms with Crippen LogP contribution in [-0.2, 0) is 0 Å². The molecular formula is C6H14ClN3. The molecule has 0 aliphatic carbocycles. The SMILES string of the molecule is CNC=CN=CN(C)C.Cl. The smallest absolute Gasteiger partial charge is 0.0900 e. The Kier molecular flexibility index (Phi) is 9.98. The fourth-order valence-corrected chi connectivity index (χ4v) is 0.289. The minimum absolute atomic E-state index is 0. The highest BCUT2D eigenvalue weighted by molar-refractivity contribution is 5.85. The van der Waals surface area contributed by atoms with E-state index in [0.717, 1.165) is 0 Å². The Hall–Kier alpha value is -0.700. The molecule has 3 nitrogen and oxygen atoms in total. The first kappa shape index (κ1) is 12.0. The van der Waals surface area contributed by atoms with Gasteiger partial charge in [-0.3, -0.25) is 0 Å². The largest absolute Gasteiger partial charge is 0.393 e. The Bertz CT molecular complexity index is 110. The predicted molar refractivity (Wildman–Crippen MR) is 47.6 cm³/mol. The summed E-state index contributed by atoms with van der Waals surface area (Å²) in [5.41, 5.74) is 0. The molecule has 0 amide bonds. The van der Waals surface area contributed by atoms with Crippen LogP contribution in [0.2, 0.25) is 0 Å². The first-order chi connectivity index (χ1) is 4.27. The van der Waals surface area contributed by atoms with Gasteiger partial charge in [0.05, 0.1) is 6.34 Å². The van der Waals surface area contributed by atoms with E-state index in [0.29, 0.717) is 0 Å².